The zero-order valence-electron chi connectivity index (χ0n) is 13.8. The third-order valence-electron chi connectivity index (χ3n) is 4.93. The topological polar surface area (TPSA) is 63.3 Å². The Hall–Kier alpha value is -2.60. The van der Waals surface area contributed by atoms with Crippen LogP contribution in [0.3, 0.4) is 0 Å². The molecule has 24 heavy (non-hydrogen) atoms. The molecule has 4 rings (SSSR count). The van der Waals surface area contributed by atoms with Crippen molar-refractivity contribution in [2.24, 2.45) is 14.1 Å². The van der Waals surface area contributed by atoms with Crippen molar-refractivity contribution in [3.63, 3.8) is 0 Å². The Morgan fingerprint density at radius 2 is 2.08 bits per heavy atom. The van der Waals surface area contributed by atoms with Crippen LogP contribution >= 0.6 is 0 Å². The Morgan fingerprint density at radius 1 is 1.29 bits per heavy atom. The number of hydrogen-bond acceptors (Lipinski definition) is 3. The summed E-state index contributed by atoms with van der Waals surface area (Å²) in [5, 5.41) is 10.7. The summed E-state index contributed by atoms with van der Waals surface area (Å²) in [5.74, 6) is -0.0536. The molecule has 6 heteroatoms. The van der Waals surface area contributed by atoms with Crippen LogP contribution in [0, 0.1) is 0 Å². The van der Waals surface area contributed by atoms with E-state index in [2.05, 4.69) is 4.98 Å². The lowest BCUT2D eigenvalue weighted by Gasteiger charge is -2.34. The van der Waals surface area contributed by atoms with E-state index in [0.717, 1.165) is 22.3 Å². The highest BCUT2D eigenvalue weighted by Crippen LogP contribution is 2.27. The van der Waals surface area contributed by atoms with Crippen LogP contribution < -0.4 is 0 Å². The van der Waals surface area contributed by atoms with Gasteiger partial charge in [-0.25, -0.2) is 4.98 Å². The lowest BCUT2D eigenvalue weighted by Crippen LogP contribution is -2.46. The summed E-state index contributed by atoms with van der Waals surface area (Å²) in [7, 11) is 3.89. The van der Waals surface area contributed by atoms with E-state index in [1.54, 1.807) is 11.2 Å². The lowest BCUT2D eigenvalue weighted by molar-refractivity contribution is 0.0538. The molecule has 1 N–H and O–H groups in total. The number of imidazole rings is 1. The average Bonchev–Trinajstić information content (AvgIpc) is 3.14. The summed E-state index contributed by atoms with van der Waals surface area (Å²) >= 11 is 0. The van der Waals surface area contributed by atoms with Crippen molar-refractivity contribution in [2.75, 3.05) is 6.61 Å². The number of aliphatic hydroxyl groups is 1. The monoisotopic (exact) mass is 324 g/mol. The van der Waals surface area contributed by atoms with Crippen LogP contribution in [0.15, 0.2) is 36.8 Å². The number of para-hydroxylation sites is 1. The molecule has 6 nitrogen and oxygen atoms in total. The number of nitrogens with zero attached hydrogens (tertiary/aromatic N) is 4. The Kier molecular flexibility index (Phi) is 3.42. The van der Waals surface area contributed by atoms with Gasteiger partial charge in [-0.1, -0.05) is 18.2 Å². The second-order valence-electron chi connectivity index (χ2n) is 6.39. The molecule has 1 aliphatic rings. The van der Waals surface area contributed by atoms with Crippen molar-refractivity contribution in [3.8, 4) is 0 Å². The van der Waals surface area contributed by atoms with E-state index in [0.29, 0.717) is 18.5 Å². The number of carbonyl (C=O) groups excluding carboxylic acids is 1. The summed E-state index contributed by atoms with van der Waals surface area (Å²) < 4.78 is 3.93. The molecule has 1 aliphatic heterocycles. The summed E-state index contributed by atoms with van der Waals surface area (Å²) in [6, 6.07) is 7.65. The molecule has 1 unspecified atom stereocenters. The van der Waals surface area contributed by atoms with Crippen LogP contribution in [0.2, 0.25) is 0 Å². The van der Waals surface area contributed by atoms with Crippen LogP contribution in [0.1, 0.15) is 21.7 Å². The first-order valence-electron chi connectivity index (χ1n) is 8.05. The van der Waals surface area contributed by atoms with Crippen molar-refractivity contribution in [3.05, 3.63) is 53.7 Å². The van der Waals surface area contributed by atoms with Crippen molar-refractivity contribution in [1.82, 2.24) is 19.0 Å². The predicted molar refractivity (Wildman–Crippen MR) is 90.6 cm³/mol. The fraction of sp³-hybridized carbons (Fsp3) is 0.333. The normalized spacial score (nSPS) is 17.3. The molecule has 0 spiro atoms. The average molecular weight is 324 g/mol. The van der Waals surface area contributed by atoms with Gasteiger partial charge in [0.25, 0.3) is 5.91 Å². The minimum Gasteiger partial charge on any atom is -0.394 e. The maximum Gasteiger partial charge on any atom is 0.256 e. The quantitative estimate of drug-likeness (QED) is 0.776. The van der Waals surface area contributed by atoms with Crippen molar-refractivity contribution in [2.45, 2.75) is 19.0 Å². The number of aromatic nitrogens is 3. The molecule has 0 saturated carbocycles. The molecular weight excluding hydrogens is 304 g/mol. The Labute approximate surface area is 139 Å². The highest BCUT2D eigenvalue weighted by molar-refractivity contribution is 6.07. The Morgan fingerprint density at radius 3 is 2.88 bits per heavy atom. The molecule has 1 aromatic carbocycles. The van der Waals surface area contributed by atoms with Gasteiger partial charge in [-0.05, 0) is 6.07 Å². The van der Waals surface area contributed by atoms with Crippen LogP contribution in [0.25, 0.3) is 10.9 Å². The molecule has 0 saturated heterocycles. The molecule has 3 aromatic rings. The second kappa shape index (κ2) is 5.49. The first-order chi connectivity index (χ1) is 11.6. The SMILES string of the molecule is Cn1cnc2c1CC(CO)N(C(=O)c1cn(C)c3ccccc13)C2. The van der Waals surface area contributed by atoms with E-state index in [1.165, 1.54) is 0 Å². The second-order valence-corrected chi connectivity index (χ2v) is 6.39. The number of hydrogen-bond donors (Lipinski definition) is 1. The zero-order valence-corrected chi connectivity index (χ0v) is 13.8. The number of fused-ring (bicyclic) bond motifs is 2. The van der Waals surface area contributed by atoms with Gasteiger partial charge in [0, 0.05) is 43.3 Å². The van der Waals surface area contributed by atoms with Gasteiger partial charge < -0.3 is 19.1 Å². The predicted octanol–water partition coefficient (Wildman–Crippen LogP) is 1.47. The molecule has 1 amide bonds. The third-order valence-corrected chi connectivity index (χ3v) is 4.93. The summed E-state index contributed by atoms with van der Waals surface area (Å²) in [4.78, 5) is 19.3. The first kappa shape index (κ1) is 15.0. The van der Waals surface area contributed by atoms with Gasteiger partial charge in [0.05, 0.1) is 36.8 Å². The fourth-order valence-corrected chi connectivity index (χ4v) is 3.59. The molecule has 1 atom stereocenters. The number of carbonyl (C=O) groups is 1. The minimum absolute atomic E-state index is 0.0536. The van der Waals surface area contributed by atoms with Gasteiger partial charge in [-0.2, -0.15) is 0 Å². The third kappa shape index (κ3) is 2.14. The molecule has 3 heterocycles. The lowest BCUT2D eigenvalue weighted by atomic mass is 10.0. The van der Waals surface area contributed by atoms with Crippen molar-refractivity contribution >= 4 is 16.8 Å². The van der Waals surface area contributed by atoms with E-state index in [-0.39, 0.29) is 18.6 Å². The van der Waals surface area contributed by atoms with Gasteiger partial charge >= 0.3 is 0 Å². The van der Waals surface area contributed by atoms with Gasteiger partial charge in [-0.3, -0.25) is 4.79 Å². The standard InChI is InChI=1S/C18H20N4O2/c1-20-8-14(13-5-3-4-6-16(13)20)18(24)22-9-15-17(7-12(22)10-23)21(2)11-19-15/h3-6,8,11-12,23H,7,9-10H2,1-2H3. The summed E-state index contributed by atoms with van der Waals surface area (Å²) in [6.07, 6.45) is 4.26. The number of aliphatic hydroxyl groups excluding tert-OH is 1. The first-order valence-corrected chi connectivity index (χ1v) is 8.05. The number of aryl methyl sites for hydroxylation is 2. The van der Waals surface area contributed by atoms with E-state index in [1.807, 2.05) is 53.7 Å². The maximum atomic E-state index is 13.2. The molecule has 0 bridgehead atoms. The van der Waals surface area contributed by atoms with Gasteiger partial charge in [-0.15, -0.1) is 0 Å². The van der Waals surface area contributed by atoms with Gasteiger partial charge in [0.15, 0.2) is 0 Å². The molecule has 0 fully saturated rings. The number of benzene rings is 1. The van der Waals surface area contributed by atoms with E-state index in [9.17, 15) is 9.90 Å². The van der Waals surface area contributed by atoms with E-state index in [4.69, 9.17) is 0 Å². The largest absolute Gasteiger partial charge is 0.394 e. The molecule has 0 aliphatic carbocycles. The summed E-state index contributed by atoms with van der Waals surface area (Å²) in [6.45, 7) is 0.380. The molecule has 0 radical (unpaired) electrons. The number of rotatable bonds is 2. The highest BCUT2D eigenvalue weighted by Gasteiger charge is 2.33. The van der Waals surface area contributed by atoms with Crippen LogP contribution in [-0.4, -0.2) is 42.7 Å². The fourth-order valence-electron chi connectivity index (χ4n) is 3.59. The van der Waals surface area contributed by atoms with E-state index >= 15 is 0 Å². The molecule has 124 valence electrons. The summed E-state index contributed by atoms with van der Waals surface area (Å²) in [5.41, 5.74) is 3.70. The van der Waals surface area contributed by atoms with Crippen LogP contribution in [0.5, 0.6) is 0 Å². The smallest absolute Gasteiger partial charge is 0.256 e. The zero-order chi connectivity index (χ0) is 16.8. The van der Waals surface area contributed by atoms with Gasteiger partial charge in [0.2, 0.25) is 0 Å². The molecule has 2 aromatic heterocycles. The minimum atomic E-state index is -0.223. The Balaban J connectivity index is 1.75. The Bertz CT molecular complexity index is 924. The highest BCUT2D eigenvalue weighted by atomic mass is 16.3. The van der Waals surface area contributed by atoms with E-state index < -0.39 is 0 Å². The van der Waals surface area contributed by atoms with Crippen molar-refractivity contribution < 1.29 is 9.90 Å². The van der Waals surface area contributed by atoms with Crippen LogP contribution in [-0.2, 0) is 27.1 Å². The van der Waals surface area contributed by atoms with Crippen LogP contribution in [0.4, 0.5) is 0 Å². The number of amides is 1. The van der Waals surface area contributed by atoms with Crippen molar-refractivity contribution in [1.29, 1.82) is 0 Å². The maximum absolute atomic E-state index is 13.2. The molecular formula is C18H20N4O2. The van der Waals surface area contributed by atoms with Gasteiger partial charge in [0.1, 0.15) is 0 Å².